The minimum absolute atomic E-state index is 0.582. The number of nitrogens with zero attached hydrogens (tertiary/aromatic N) is 2. The number of rotatable bonds is 9. The van der Waals surface area contributed by atoms with Gasteiger partial charge in [-0.2, -0.15) is 0 Å². The van der Waals surface area contributed by atoms with Crippen LogP contribution in [0.1, 0.15) is 56.6 Å². The molecule has 1 aromatic heterocycles. The van der Waals surface area contributed by atoms with E-state index in [1.807, 2.05) is 11.3 Å². The summed E-state index contributed by atoms with van der Waals surface area (Å²) in [6.07, 6.45) is 2.21. The van der Waals surface area contributed by atoms with Gasteiger partial charge in [-0.25, -0.2) is 4.98 Å². The molecule has 4 heteroatoms. The van der Waals surface area contributed by atoms with E-state index in [0.717, 1.165) is 32.6 Å². The molecule has 0 saturated carbocycles. The SMILES string of the molecule is CCc1nc(CN(CC)CC)sc1CNC(C)CC. The van der Waals surface area contributed by atoms with Crippen LogP contribution in [0.2, 0.25) is 0 Å². The Kier molecular flexibility index (Phi) is 7.57. The van der Waals surface area contributed by atoms with Crippen LogP contribution in [0.25, 0.3) is 0 Å². The van der Waals surface area contributed by atoms with Gasteiger partial charge in [-0.15, -0.1) is 11.3 Å². The standard InChI is InChI=1S/C15H29N3S/c1-6-12(5)16-10-14-13(7-2)17-15(19-14)11-18(8-3)9-4/h12,16H,6-11H2,1-5H3. The van der Waals surface area contributed by atoms with Gasteiger partial charge in [0.25, 0.3) is 0 Å². The van der Waals surface area contributed by atoms with E-state index in [4.69, 9.17) is 4.98 Å². The van der Waals surface area contributed by atoms with Crippen molar-refractivity contribution in [1.29, 1.82) is 0 Å². The number of thiazole rings is 1. The van der Waals surface area contributed by atoms with Gasteiger partial charge in [-0.3, -0.25) is 4.90 Å². The Morgan fingerprint density at radius 3 is 2.42 bits per heavy atom. The van der Waals surface area contributed by atoms with Crippen molar-refractivity contribution >= 4 is 11.3 Å². The number of hydrogen-bond donors (Lipinski definition) is 1. The summed E-state index contributed by atoms with van der Waals surface area (Å²) < 4.78 is 0. The summed E-state index contributed by atoms with van der Waals surface area (Å²) in [4.78, 5) is 8.65. The average molecular weight is 283 g/mol. The quantitative estimate of drug-likeness (QED) is 0.752. The first-order chi connectivity index (χ1) is 9.14. The van der Waals surface area contributed by atoms with Gasteiger partial charge in [0.2, 0.25) is 0 Å². The molecule has 0 aliphatic rings. The van der Waals surface area contributed by atoms with Gasteiger partial charge >= 0.3 is 0 Å². The molecule has 1 heterocycles. The molecule has 0 aromatic carbocycles. The van der Waals surface area contributed by atoms with Gasteiger partial charge in [0.05, 0.1) is 12.2 Å². The van der Waals surface area contributed by atoms with E-state index in [0.29, 0.717) is 6.04 Å². The first-order valence-electron chi connectivity index (χ1n) is 7.57. The van der Waals surface area contributed by atoms with Crippen molar-refractivity contribution in [2.75, 3.05) is 13.1 Å². The van der Waals surface area contributed by atoms with E-state index in [1.54, 1.807) is 0 Å². The Bertz CT molecular complexity index is 358. The molecular formula is C15H29N3S. The minimum atomic E-state index is 0.582. The molecule has 0 aliphatic heterocycles. The summed E-state index contributed by atoms with van der Waals surface area (Å²) in [5.41, 5.74) is 1.28. The molecule has 0 saturated heterocycles. The smallest absolute Gasteiger partial charge is 0.107 e. The highest BCUT2D eigenvalue weighted by Crippen LogP contribution is 2.21. The molecule has 1 unspecified atom stereocenters. The molecule has 1 rings (SSSR count). The van der Waals surface area contributed by atoms with Crippen molar-refractivity contribution in [2.45, 2.75) is 66.6 Å². The molecule has 19 heavy (non-hydrogen) atoms. The first kappa shape index (κ1) is 16.6. The third-order valence-electron chi connectivity index (χ3n) is 3.63. The summed E-state index contributed by atoms with van der Waals surface area (Å²) in [6, 6.07) is 0.582. The molecule has 0 amide bonds. The molecule has 0 radical (unpaired) electrons. The predicted molar refractivity (Wildman–Crippen MR) is 84.7 cm³/mol. The lowest BCUT2D eigenvalue weighted by Gasteiger charge is -2.15. The second-order valence-corrected chi connectivity index (χ2v) is 6.15. The zero-order chi connectivity index (χ0) is 14.3. The highest BCUT2D eigenvalue weighted by atomic mass is 32.1. The van der Waals surface area contributed by atoms with Crippen molar-refractivity contribution in [3.63, 3.8) is 0 Å². The maximum atomic E-state index is 4.81. The summed E-state index contributed by atoms with van der Waals surface area (Å²) in [5, 5.41) is 4.84. The third-order valence-corrected chi connectivity index (χ3v) is 4.72. The average Bonchev–Trinajstić information content (AvgIpc) is 2.84. The summed E-state index contributed by atoms with van der Waals surface area (Å²) in [6.45, 7) is 15.2. The fourth-order valence-corrected chi connectivity index (χ4v) is 3.12. The Morgan fingerprint density at radius 1 is 1.21 bits per heavy atom. The van der Waals surface area contributed by atoms with Crippen LogP contribution in [-0.4, -0.2) is 29.0 Å². The zero-order valence-electron chi connectivity index (χ0n) is 13.1. The molecule has 1 N–H and O–H groups in total. The maximum Gasteiger partial charge on any atom is 0.107 e. The minimum Gasteiger partial charge on any atom is -0.309 e. The summed E-state index contributed by atoms with van der Waals surface area (Å²) in [7, 11) is 0. The molecule has 0 aliphatic carbocycles. The van der Waals surface area contributed by atoms with Crippen LogP contribution in [-0.2, 0) is 19.5 Å². The van der Waals surface area contributed by atoms with Crippen molar-refractivity contribution in [3.8, 4) is 0 Å². The lowest BCUT2D eigenvalue weighted by molar-refractivity contribution is 0.295. The topological polar surface area (TPSA) is 28.2 Å². The Morgan fingerprint density at radius 2 is 1.89 bits per heavy atom. The van der Waals surface area contributed by atoms with Crippen molar-refractivity contribution in [2.24, 2.45) is 0 Å². The van der Waals surface area contributed by atoms with E-state index >= 15 is 0 Å². The van der Waals surface area contributed by atoms with E-state index in [9.17, 15) is 0 Å². The Labute approximate surface area is 122 Å². The largest absolute Gasteiger partial charge is 0.309 e. The van der Waals surface area contributed by atoms with Crippen LogP contribution in [0.3, 0.4) is 0 Å². The van der Waals surface area contributed by atoms with Gasteiger partial charge in [-0.05, 0) is 32.9 Å². The normalized spacial score (nSPS) is 13.2. The zero-order valence-corrected chi connectivity index (χ0v) is 13.9. The van der Waals surface area contributed by atoms with E-state index < -0.39 is 0 Å². The van der Waals surface area contributed by atoms with E-state index in [-0.39, 0.29) is 0 Å². The maximum absolute atomic E-state index is 4.81. The Balaban J connectivity index is 2.68. The molecule has 0 fully saturated rings. The lowest BCUT2D eigenvalue weighted by atomic mass is 10.2. The van der Waals surface area contributed by atoms with Crippen molar-refractivity contribution in [1.82, 2.24) is 15.2 Å². The molecule has 0 bridgehead atoms. The van der Waals surface area contributed by atoms with E-state index in [1.165, 1.54) is 22.0 Å². The summed E-state index contributed by atoms with van der Waals surface area (Å²) >= 11 is 1.88. The summed E-state index contributed by atoms with van der Waals surface area (Å²) in [5.74, 6) is 0. The second kappa shape index (κ2) is 8.67. The monoisotopic (exact) mass is 283 g/mol. The van der Waals surface area contributed by atoms with Gasteiger partial charge in [-0.1, -0.05) is 27.7 Å². The first-order valence-corrected chi connectivity index (χ1v) is 8.39. The number of hydrogen-bond acceptors (Lipinski definition) is 4. The molecule has 1 atom stereocenters. The fourth-order valence-electron chi connectivity index (χ4n) is 1.97. The highest BCUT2D eigenvalue weighted by Gasteiger charge is 2.12. The van der Waals surface area contributed by atoms with Crippen LogP contribution in [0, 0.1) is 0 Å². The Hall–Kier alpha value is -0.450. The molecule has 3 nitrogen and oxygen atoms in total. The molecule has 1 aromatic rings. The lowest BCUT2D eigenvalue weighted by Crippen LogP contribution is -2.24. The van der Waals surface area contributed by atoms with Gasteiger partial charge in [0.1, 0.15) is 5.01 Å². The number of aromatic nitrogens is 1. The van der Waals surface area contributed by atoms with Crippen molar-refractivity contribution < 1.29 is 0 Å². The molecule has 0 spiro atoms. The van der Waals surface area contributed by atoms with Gasteiger partial charge in [0, 0.05) is 17.5 Å². The van der Waals surface area contributed by atoms with Crippen LogP contribution in [0.15, 0.2) is 0 Å². The van der Waals surface area contributed by atoms with Crippen molar-refractivity contribution in [3.05, 3.63) is 15.6 Å². The predicted octanol–water partition coefficient (Wildman–Crippen LogP) is 3.44. The molecule has 110 valence electrons. The van der Waals surface area contributed by atoms with Crippen LogP contribution in [0.4, 0.5) is 0 Å². The number of nitrogens with one attached hydrogen (secondary N) is 1. The van der Waals surface area contributed by atoms with Crippen LogP contribution in [0.5, 0.6) is 0 Å². The highest BCUT2D eigenvalue weighted by molar-refractivity contribution is 7.11. The van der Waals surface area contributed by atoms with Crippen LogP contribution >= 0.6 is 11.3 Å². The van der Waals surface area contributed by atoms with Gasteiger partial charge < -0.3 is 5.32 Å². The third kappa shape index (κ3) is 5.21. The van der Waals surface area contributed by atoms with E-state index in [2.05, 4.69) is 44.8 Å². The van der Waals surface area contributed by atoms with Gasteiger partial charge in [0.15, 0.2) is 0 Å². The fraction of sp³-hybridized carbons (Fsp3) is 0.800. The van der Waals surface area contributed by atoms with Crippen LogP contribution < -0.4 is 5.32 Å². The second-order valence-electron chi connectivity index (χ2n) is 4.98. The number of aryl methyl sites for hydroxylation is 1. The molecular weight excluding hydrogens is 254 g/mol.